The van der Waals surface area contributed by atoms with Gasteiger partial charge in [0.2, 0.25) is 0 Å². The molecule has 3 rings (SSSR count). The summed E-state index contributed by atoms with van der Waals surface area (Å²) in [6, 6.07) is 0. The summed E-state index contributed by atoms with van der Waals surface area (Å²) in [5, 5.41) is 3.23. The van der Waals surface area contributed by atoms with E-state index in [1.54, 1.807) is 11.3 Å². The average Bonchev–Trinajstić information content (AvgIpc) is 3.05. The topological polar surface area (TPSA) is 45.4 Å². The molecule has 1 aromatic heterocycles. The Hall–Kier alpha value is -0.650. The highest BCUT2D eigenvalue weighted by Gasteiger charge is 2.45. The van der Waals surface area contributed by atoms with Gasteiger partial charge in [-0.2, -0.15) is 0 Å². The number of rotatable bonds is 3. The Bertz CT molecular complexity index is 441. The highest BCUT2D eigenvalue weighted by molar-refractivity contribution is 7.13. The molecule has 3 unspecified atom stereocenters. The molecular weight excluding hydrogens is 280 g/mol. The van der Waals surface area contributed by atoms with Crippen molar-refractivity contribution < 1.29 is 0 Å². The van der Waals surface area contributed by atoms with Crippen LogP contribution in [0.25, 0.3) is 0 Å². The van der Waals surface area contributed by atoms with E-state index in [4.69, 9.17) is 5.73 Å². The molecular formula is C16H28N4S. The largest absolute Gasteiger partial charge is 0.346 e. The van der Waals surface area contributed by atoms with Crippen LogP contribution in [-0.2, 0) is 0 Å². The lowest BCUT2D eigenvalue weighted by Gasteiger charge is -2.54. The van der Waals surface area contributed by atoms with Crippen molar-refractivity contribution >= 4 is 16.5 Å². The van der Waals surface area contributed by atoms with Crippen LogP contribution in [0.4, 0.5) is 5.13 Å². The van der Waals surface area contributed by atoms with Crippen molar-refractivity contribution in [3.05, 3.63) is 11.6 Å². The SMILES string of the molecule is CC1CCCC(CN)(N2CCN(c3nccs3)CC2)C1C. The second-order valence-corrected chi connectivity index (χ2v) is 7.63. The van der Waals surface area contributed by atoms with Gasteiger partial charge < -0.3 is 10.6 Å². The molecule has 0 aromatic carbocycles. The zero-order chi connectivity index (χ0) is 14.9. The van der Waals surface area contributed by atoms with Crippen LogP contribution in [0.1, 0.15) is 33.1 Å². The van der Waals surface area contributed by atoms with Crippen LogP contribution in [-0.4, -0.2) is 48.1 Å². The van der Waals surface area contributed by atoms with Gasteiger partial charge in [-0.15, -0.1) is 11.3 Å². The lowest BCUT2D eigenvalue weighted by Crippen LogP contribution is -2.65. The van der Waals surface area contributed by atoms with Crippen LogP contribution in [0.2, 0.25) is 0 Å². The first-order chi connectivity index (χ1) is 10.2. The molecule has 1 aliphatic heterocycles. The molecule has 0 spiro atoms. The standard InChI is InChI=1S/C16H28N4S/c1-13-4-3-5-16(12-17,14(13)2)20-9-7-19(8-10-20)15-18-6-11-21-15/h6,11,13-14H,3-5,7-10,12,17H2,1-2H3. The first-order valence-electron chi connectivity index (χ1n) is 8.27. The van der Waals surface area contributed by atoms with Crippen molar-refractivity contribution in [2.24, 2.45) is 17.6 Å². The summed E-state index contributed by atoms with van der Waals surface area (Å²) in [5.41, 5.74) is 6.51. The minimum Gasteiger partial charge on any atom is -0.346 e. The molecule has 1 saturated carbocycles. The van der Waals surface area contributed by atoms with Gasteiger partial charge in [-0.1, -0.05) is 26.7 Å². The van der Waals surface area contributed by atoms with Gasteiger partial charge in [0.25, 0.3) is 0 Å². The molecule has 118 valence electrons. The molecule has 1 aromatic rings. The number of anilines is 1. The third-order valence-corrected chi connectivity index (χ3v) is 6.76. The number of nitrogens with zero attached hydrogens (tertiary/aromatic N) is 3. The van der Waals surface area contributed by atoms with Crippen LogP contribution in [0, 0.1) is 11.8 Å². The fraction of sp³-hybridized carbons (Fsp3) is 0.812. The molecule has 1 aliphatic carbocycles. The third kappa shape index (κ3) is 2.71. The smallest absolute Gasteiger partial charge is 0.185 e. The Labute approximate surface area is 132 Å². The molecule has 0 amide bonds. The number of hydrogen-bond donors (Lipinski definition) is 1. The van der Waals surface area contributed by atoms with E-state index in [1.807, 2.05) is 6.20 Å². The zero-order valence-electron chi connectivity index (χ0n) is 13.3. The van der Waals surface area contributed by atoms with Crippen molar-refractivity contribution in [1.29, 1.82) is 0 Å². The van der Waals surface area contributed by atoms with Gasteiger partial charge in [0.15, 0.2) is 5.13 Å². The Morgan fingerprint density at radius 1 is 1.33 bits per heavy atom. The summed E-state index contributed by atoms with van der Waals surface area (Å²) in [6.45, 7) is 10.0. The molecule has 2 aliphatic rings. The van der Waals surface area contributed by atoms with E-state index < -0.39 is 0 Å². The van der Waals surface area contributed by atoms with E-state index >= 15 is 0 Å². The van der Waals surface area contributed by atoms with E-state index in [-0.39, 0.29) is 5.54 Å². The van der Waals surface area contributed by atoms with Crippen LogP contribution in [0.3, 0.4) is 0 Å². The van der Waals surface area contributed by atoms with Gasteiger partial charge >= 0.3 is 0 Å². The molecule has 5 heteroatoms. The number of hydrogen-bond acceptors (Lipinski definition) is 5. The third-order valence-electron chi connectivity index (χ3n) is 5.92. The predicted molar refractivity (Wildman–Crippen MR) is 89.9 cm³/mol. The Balaban J connectivity index is 1.69. The van der Waals surface area contributed by atoms with Crippen LogP contribution >= 0.6 is 11.3 Å². The summed E-state index contributed by atoms with van der Waals surface area (Å²) in [7, 11) is 0. The number of nitrogens with two attached hydrogens (primary N) is 1. The van der Waals surface area contributed by atoms with Crippen LogP contribution in [0.15, 0.2) is 11.6 Å². The normalized spacial score (nSPS) is 35.1. The summed E-state index contributed by atoms with van der Waals surface area (Å²) in [6.07, 6.45) is 5.86. The van der Waals surface area contributed by atoms with Crippen molar-refractivity contribution in [3.63, 3.8) is 0 Å². The minimum atomic E-state index is 0.229. The summed E-state index contributed by atoms with van der Waals surface area (Å²) in [5.74, 6) is 1.49. The van der Waals surface area contributed by atoms with Crippen molar-refractivity contribution in [3.8, 4) is 0 Å². The average molecular weight is 308 g/mol. The minimum absolute atomic E-state index is 0.229. The maximum absolute atomic E-state index is 6.29. The Morgan fingerprint density at radius 2 is 2.10 bits per heavy atom. The quantitative estimate of drug-likeness (QED) is 0.931. The van der Waals surface area contributed by atoms with Gasteiger partial charge in [0.1, 0.15) is 0 Å². The van der Waals surface area contributed by atoms with Crippen LogP contribution < -0.4 is 10.6 Å². The monoisotopic (exact) mass is 308 g/mol. The van der Waals surface area contributed by atoms with Crippen molar-refractivity contribution in [2.45, 2.75) is 38.6 Å². The maximum atomic E-state index is 6.29. The fourth-order valence-electron chi connectivity index (χ4n) is 4.32. The van der Waals surface area contributed by atoms with Crippen molar-refractivity contribution in [1.82, 2.24) is 9.88 Å². The van der Waals surface area contributed by atoms with E-state index in [1.165, 1.54) is 24.4 Å². The molecule has 1 saturated heterocycles. The Morgan fingerprint density at radius 3 is 2.71 bits per heavy atom. The molecule has 0 bridgehead atoms. The second-order valence-electron chi connectivity index (χ2n) is 6.75. The number of aromatic nitrogens is 1. The van der Waals surface area contributed by atoms with E-state index in [0.29, 0.717) is 5.92 Å². The summed E-state index contributed by atoms with van der Waals surface area (Å²) < 4.78 is 0. The van der Waals surface area contributed by atoms with Gasteiger partial charge in [-0.3, -0.25) is 4.90 Å². The van der Waals surface area contributed by atoms with Gasteiger partial charge in [0.05, 0.1) is 0 Å². The highest BCUT2D eigenvalue weighted by atomic mass is 32.1. The lowest BCUT2D eigenvalue weighted by molar-refractivity contribution is -0.0139. The first kappa shape index (κ1) is 15.3. The van der Waals surface area contributed by atoms with E-state index in [9.17, 15) is 0 Å². The first-order valence-corrected chi connectivity index (χ1v) is 9.15. The summed E-state index contributed by atoms with van der Waals surface area (Å²) >= 11 is 1.74. The molecule has 0 radical (unpaired) electrons. The zero-order valence-corrected chi connectivity index (χ0v) is 14.1. The number of piperazine rings is 1. The van der Waals surface area contributed by atoms with Crippen molar-refractivity contribution in [2.75, 3.05) is 37.6 Å². The Kier molecular flexibility index (Phi) is 4.52. The molecule has 4 nitrogen and oxygen atoms in total. The molecule has 2 fully saturated rings. The summed E-state index contributed by atoms with van der Waals surface area (Å²) in [4.78, 5) is 9.55. The number of thiazole rings is 1. The van der Waals surface area contributed by atoms with E-state index in [2.05, 4.69) is 34.0 Å². The second kappa shape index (κ2) is 6.23. The van der Waals surface area contributed by atoms with Crippen LogP contribution in [0.5, 0.6) is 0 Å². The van der Waals surface area contributed by atoms with Gasteiger partial charge in [-0.25, -0.2) is 4.98 Å². The van der Waals surface area contributed by atoms with Gasteiger partial charge in [0, 0.05) is 49.8 Å². The fourth-order valence-corrected chi connectivity index (χ4v) is 5.01. The molecule has 2 heterocycles. The van der Waals surface area contributed by atoms with Gasteiger partial charge in [-0.05, 0) is 18.3 Å². The predicted octanol–water partition coefficient (Wildman–Crippen LogP) is 2.42. The van der Waals surface area contributed by atoms with E-state index in [0.717, 1.165) is 38.6 Å². The maximum Gasteiger partial charge on any atom is 0.185 e. The molecule has 2 N–H and O–H groups in total. The lowest BCUT2D eigenvalue weighted by atomic mass is 9.67. The molecule has 21 heavy (non-hydrogen) atoms. The molecule has 3 atom stereocenters. The highest BCUT2D eigenvalue weighted by Crippen LogP contribution is 2.41.